The van der Waals surface area contributed by atoms with Crippen molar-refractivity contribution in [2.75, 3.05) is 39.7 Å². The monoisotopic (exact) mass is 1810 g/mol. The third-order valence-corrected chi connectivity index (χ3v) is 23.8. The molecule has 2 aliphatic carbocycles. The van der Waals surface area contributed by atoms with Gasteiger partial charge in [-0.1, -0.05) is 104 Å². The number of carboxylic acids is 2. The smallest absolute Gasteiger partial charge is 0.335 e. The van der Waals surface area contributed by atoms with Crippen LogP contribution in [0, 0.1) is 0 Å². The van der Waals surface area contributed by atoms with Crippen LogP contribution in [-0.2, 0) is 60.5 Å². The number of aromatic carboxylic acids is 2. The zero-order valence-electron chi connectivity index (χ0n) is 67.4. The van der Waals surface area contributed by atoms with E-state index in [2.05, 4.69) is 56.5 Å². The molecule has 16 rings (SSSR count). The molecule has 4 heterocycles. The van der Waals surface area contributed by atoms with Gasteiger partial charge in [-0.2, -0.15) is 55.2 Å². The number of nitrogens with zero attached hydrogens (tertiary/aromatic N) is 8. The standard InChI is InChI=1S/C89H65N13O25S3/c1-101-64-27-25-61(71-73(64)69(57-19-8-10-21-59(57)79(71)107)75(81(101)109)77(105)45-15-6-5-7-16-45)92-50-23-29-66(129(118,119)120)47(33-50)39-68-95-85(98-88(96-68)126-54-36-48(83(111)112)34-52(41-54)124-43-103)90-31-12-3-4-13-32-91-86-97-87(100-89(99-86)127-55-37-49(84(113)114)35-53(42-55)125-44-104)93-51-24-30-67(130(121,122)123)63(40-51)94-62-26-28-65-74-70(58-20-9-11-22-60(58)80(108)72(62)74)76(82(110)102(65)2)78(106)46-17-14-18-56(38-46)128(115,116)117/h5-11,14-30,33-38,40-44,92,94H,3-4,12-13,31-32,39H2,1-2H3,(H,111,112)(H,113,114)(H,115,116,117)(H,118,119,120)(H,121,122,123)(H,90,95,96,98)(H2,91,93,97,99,100). The Labute approximate surface area is 733 Å². The Hall–Kier alpha value is -16.5. The van der Waals surface area contributed by atoms with Crippen molar-refractivity contribution in [3.05, 3.63) is 288 Å². The second-order valence-corrected chi connectivity index (χ2v) is 33.5. The van der Waals surface area contributed by atoms with Crippen LogP contribution >= 0.6 is 0 Å². The first-order chi connectivity index (χ1) is 62.2. The van der Waals surface area contributed by atoms with E-state index in [-0.39, 0.29) is 190 Å². The minimum atomic E-state index is -5.15. The predicted molar refractivity (Wildman–Crippen MR) is 466 cm³/mol. The Morgan fingerprint density at radius 3 is 1.38 bits per heavy atom. The molecule has 0 spiro atoms. The number of hydrogen-bond donors (Lipinski definition) is 10. The van der Waals surface area contributed by atoms with E-state index in [0.717, 1.165) is 59.2 Å². The number of carbonyl (C=O) groups is 8. The molecule has 38 nitrogen and oxygen atoms in total. The van der Waals surface area contributed by atoms with Crippen molar-refractivity contribution in [3.8, 4) is 57.3 Å². The molecule has 10 N–H and O–H groups in total. The van der Waals surface area contributed by atoms with Crippen molar-refractivity contribution in [1.82, 2.24) is 39.0 Å². The lowest BCUT2D eigenvalue weighted by Gasteiger charge is -2.26. The van der Waals surface area contributed by atoms with E-state index >= 15 is 0 Å². The van der Waals surface area contributed by atoms with E-state index in [1.54, 1.807) is 72.8 Å². The van der Waals surface area contributed by atoms with Gasteiger partial charge < -0.3 is 64.9 Å². The van der Waals surface area contributed by atoms with Crippen LogP contribution in [-0.4, -0.2) is 149 Å². The number of carbonyl (C=O) groups excluding carboxylic acids is 6. The van der Waals surface area contributed by atoms with Gasteiger partial charge >= 0.3 is 24.0 Å². The number of rotatable bonds is 34. The third kappa shape index (κ3) is 17.6. The van der Waals surface area contributed by atoms with Crippen LogP contribution in [0.2, 0.25) is 0 Å². The number of nitrogens with one attached hydrogen (secondary N) is 5. The fourth-order valence-corrected chi connectivity index (χ4v) is 17.2. The molecule has 0 saturated carbocycles. The second-order valence-electron chi connectivity index (χ2n) is 29.3. The van der Waals surface area contributed by atoms with Crippen LogP contribution < -0.4 is 56.6 Å². The Kier molecular flexibility index (Phi) is 23.5. The van der Waals surface area contributed by atoms with Gasteiger partial charge in [0, 0.05) is 101 Å². The Balaban J connectivity index is 0.662. The minimum Gasteiger partial charge on any atom is -0.478 e. The van der Waals surface area contributed by atoms with Gasteiger partial charge in [0.1, 0.15) is 33.7 Å². The summed E-state index contributed by atoms with van der Waals surface area (Å²) in [6, 6.07) is 43.8. The molecule has 130 heavy (non-hydrogen) atoms. The molecule has 654 valence electrons. The zero-order chi connectivity index (χ0) is 91.9. The third-order valence-electron chi connectivity index (χ3n) is 21.1. The van der Waals surface area contributed by atoms with E-state index in [4.69, 9.17) is 18.9 Å². The quantitative estimate of drug-likeness (QED) is 0.00775. The summed E-state index contributed by atoms with van der Waals surface area (Å²) in [5.41, 5.74) is -2.05. The molecule has 0 bridgehead atoms. The van der Waals surface area contributed by atoms with Crippen molar-refractivity contribution in [2.45, 2.75) is 46.8 Å². The van der Waals surface area contributed by atoms with E-state index in [1.807, 2.05) is 0 Å². The Morgan fingerprint density at radius 1 is 0.408 bits per heavy atom. The Morgan fingerprint density at radius 2 is 0.869 bits per heavy atom. The minimum absolute atomic E-state index is 0.00654. The van der Waals surface area contributed by atoms with Crippen LogP contribution in [0.1, 0.15) is 121 Å². The van der Waals surface area contributed by atoms with E-state index < -0.39 is 115 Å². The number of unbranched alkanes of at least 4 members (excludes halogenated alkanes) is 3. The Bertz CT molecular complexity index is 7730. The normalized spacial score (nSPS) is 12.0. The maximum Gasteiger partial charge on any atom is 0.335 e. The highest BCUT2D eigenvalue weighted by molar-refractivity contribution is 7.86. The predicted octanol–water partition coefficient (Wildman–Crippen LogP) is 12.3. The van der Waals surface area contributed by atoms with Gasteiger partial charge in [-0.3, -0.25) is 52.0 Å². The van der Waals surface area contributed by atoms with Crippen LogP contribution in [0.3, 0.4) is 0 Å². The van der Waals surface area contributed by atoms with Crippen LogP contribution in [0.5, 0.6) is 35.0 Å². The van der Waals surface area contributed by atoms with Crippen molar-refractivity contribution >= 4 is 146 Å². The highest BCUT2D eigenvalue weighted by atomic mass is 32.2. The summed E-state index contributed by atoms with van der Waals surface area (Å²) in [5.74, 6) is -7.38. The average molecular weight is 1810 g/mol. The number of anilines is 8. The lowest BCUT2D eigenvalue weighted by molar-refractivity contribution is -0.121. The first-order valence-corrected chi connectivity index (χ1v) is 43.3. The fourth-order valence-electron chi connectivity index (χ4n) is 15.3. The highest BCUT2D eigenvalue weighted by Gasteiger charge is 2.38. The number of aromatic nitrogens is 8. The van der Waals surface area contributed by atoms with Gasteiger partial charge in [-0.15, -0.1) is 0 Å². The van der Waals surface area contributed by atoms with Crippen molar-refractivity contribution in [1.29, 1.82) is 0 Å². The number of ketones is 4. The summed E-state index contributed by atoms with van der Waals surface area (Å²) in [6.07, 6.45) is 1.31. The van der Waals surface area contributed by atoms with E-state index in [1.165, 1.54) is 91.5 Å². The summed E-state index contributed by atoms with van der Waals surface area (Å²) >= 11 is 0. The SMILES string of the molecule is Cn1c(=O)c(C(=O)c2ccccc2)c2c3c(c(Nc4ccc(S(=O)(=O)O)c(Cc5nc(NCCCCCCNc6nc(Nc7ccc(S(=O)(=O)O)c(Nc8ccc9c%10c8C(=O)c8ccccc8-c%10c(C(=O)c8cccc(S(=O)(=O)O)c8)c(=O)n9C)c7)nc(Oc7cc(OC=O)cc(C(=O)O)c7)n6)nc(Oc6cc(OC=O)cc(C(=O)O)c6)n5)c4)ccc31)C(=O)c1ccccc1-2. The van der Waals surface area contributed by atoms with Crippen LogP contribution in [0.4, 0.5) is 46.3 Å². The highest BCUT2D eigenvalue weighted by Crippen LogP contribution is 2.48. The lowest BCUT2D eigenvalue weighted by Crippen LogP contribution is -2.29. The lowest BCUT2D eigenvalue weighted by atomic mass is 9.80. The molecular formula is C89H65N13O25S3. The van der Waals surface area contributed by atoms with Gasteiger partial charge in [0.05, 0.1) is 71.3 Å². The zero-order valence-corrected chi connectivity index (χ0v) is 69.8. The van der Waals surface area contributed by atoms with Gasteiger partial charge in [0.15, 0.2) is 23.1 Å². The molecule has 2 aliphatic rings. The summed E-state index contributed by atoms with van der Waals surface area (Å²) in [4.78, 5) is 160. The molecule has 10 aromatic carbocycles. The van der Waals surface area contributed by atoms with Gasteiger partial charge in [0.25, 0.3) is 54.4 Å². The van der Waals surface area contributed by atoms with Crippen LogP contribution in [0.25, 0.3) is 44.1 Å². The van der Waals surface area contributed by atoms with Crippen molar-refractivity contribution < 1.29 is 106 Å². The second kappa shape index (κ2) is 35.2. The van der Waals surface area contributed by atoms with Crippen molar-refractivity contribution in [3.63, 3.8) is 0 Å². The maximum atomic E-state index is 15.0. The molecule has 0 radical (unpaired) electrons. The largest absolute Gasteiger partial charge is 0.478 e. The molecule has 0 amide bonds. The molecule has 0 fully saturated rings. The first-order valence-electron chi connectivity index (χ1n) is 38.9. The fraction of sp³-hybridized carbons (Fsp3) is 0.101. The summed E-state index contributed by atoms with van der Waals surface area (Å²) in [5, 5.41) is 35.5. The summed E-state index contributed by atoms with van der Waals surface area (Å²) in [6.45, 7) is 0.397. The van der Waals surface area contributed by atoms with Gasteiger partial charge in [0.2, 0.25) is 17.8 Å². The number of ether oxygens (including phenoxy) is 4. The molecule has 14 aromatic rings. The van der Waals surface area contributed by atoms with E-state index in [0.29, 0.717) is 36.8 Å². The molecule has 0 saturated heterocycles. The van der Waals surface area contributed by atoms with Crippen LogP contribution in [0.15, 0.2) is 224 Å². The molecule has 41 heteroatoms. The molecule has 0 atom stereocenters. The number of pyridine rings is 2. The summed E-state index contributed by atoms with van der Waals surface area (Å²) < 4.78 is 133. The summed E-state index contributed by atoms with van der Waals surface area (Å²) in [7, 11) is -12.2. The average Bonchev–Trinajstić information content (AvgIpc) is 0.708. The van der Waals surface area contributed by atoms with Gasteiger partial charge in [-0.05, 0) is 127 Å². The number of carboxylic acid groups (broad SMARTS) is 2. The van der Waals surface area contributed by atoms with Gasteiger partial charge in [-0.25, -0.2) is 9.59 Å². The molecule has 4 aromatic heterocycles. The number of fused-ring (bicyclic) bond motifs is 4. The maximum absolute atomic E-state index is 15.0. The number of benzene rings is 10. The first kappa shape index (κ1) is 87.0. The molecule has 0 unspecified atom stereocenters. The topological polar surface area (TPSA) is 559 Å². The number of aryl methyl sites for hydroxylation is 2. The number of hydrogen-bond acceptors (Lipinski definition) is 31. The van der Waals surface area contributed by atoms with E-state index in [9.17, 15) is 97.1 Å². The molecule has 0 aliphatic heterocycles. The van der Waals surface area contributed by atoms with Crippen molar-refractivity contribution in [2.24, 2.45) is 14.1 Å². The molecular weight excluding hydrogens is 1750 g/mol.